The Balaban J connectivity index is 1.47. The first-order valence-corrected chi connectivity index (χ1v) is 10.6. The van der Waals surface area contributed by atoms with Crippen LogP contribution in [0.15, 0.2) is 47.1 Å². The van der Waals surface area contributed by atoms with Crippen LogP contribution in [0, 0.1) is 5.92 Å². The maximum Gasteiger partial charge on any atom is 0.310 e. The van der Waals surface area contributed by atoms with Crippen molar-refractivity contribution in [2.75, 3.05) is 19.7 Å². The molecule has 0 radical (unpaired) electrons. The molecule has 162 valence electrons. The zero-order chi connectivity index (χ0) is 21.8. The normalized spacial score (nSPS) is 16.3. The minimum Gasteiger partial charge on any atom is -0.466 e. The lowest BCUT2D eigenvalue weighted by molar-refractivity contribution is -0.151. The summed E-state index contributed by atoms with van der Waals surface area (Å²) in [6.45, 7) is 3.26. The molecule has 1 aromatic carbocycles. The molecule has 0 bridgehead atoms. The van der Waals surface area contributed by atoms with Crippen LogP contribution in [-0.4, -0.2) is 51.2 Å². The van der Waals surface area contributed by atoms with E-state index in [9.17, 15) is 9.59 Å². The molecule has 1 fully saturated rings. The van der Waals surface area contributed by atoms with E-state index >= 15 is 0 Å². The topological polar surface area (TPSA) is 90.5 Å². The highest BCUT2D eigenvalue weighted by Gasteiger charge is 2.29. The van der Waals surface area contributed by atoms with Gasteiger partial charge >= 0.3 is 5.97 Å². The van der Waals surface area contributed by atoms with E-state index in [1.807, 2.05) is 24.3 Å². The number of aromatic nitrogens is 3. The van der Waals surface area contributed by atoms with Gasteiger partial charge in [0, 0.05) is 29.9 Å². The molecule has 1 aliphatic rings. The number of rotatable bonds is 6. The van der Waals surface area contributed by atoms with E-state index in [0.717, 1.165) is 18.4 Å². The van der Waals surface area contributed by atoms with Gasteiger partial charge in [-0.1, -0.05) is 28.9 Å². The Labute approximate surface area is 184 Å². The minimum atomic E-state index is -0.266. The summed E-state index contributed by atoms with van der Waals surface area (Å²) in [4.78, 5) is 31.2. The molecule has 0 aliphatic carbocycles. The van der Waals surface area contributed by atoms with Gasteiger partial charge in [0.15, 0.2) is 0 Å². The number of hydrogen-bond donors (Lipinski definition) is 0. The van der Waals surface area contributed by atoms with E-state index in [4.69, 9.17) is 20.9 Å². The Morgan fingerprint density at radius 3 is 2.97 bits per heavy atom. The predicted octanol–water partition coefficient (Wildman–Crippen LogP) is 3.66. The molecule has 9 heteroatoms. The molecule has 2 aromatic heterocycles. The lowest BCUT2D eigenvalue weighted by Gasteiger charge is -2.31. The van der Waals surface area contributed by atoms with Gasteiger partial charge in [0.1, 0.15) is 12.2 Å². The van der Waals surface area contributed by atoms with E-state index < -0.39 is 0 Å². The summed E-state index contributed by atoms with van der Waals surface area (Å²) in [5.41, 5.74) is 1.39. The number of hydrogen-bond acceptors (Lipinski definition) is 6. The van der Waals surface area contributed by atoms with Crippen molar-refractivity contribution in [3.8, 4) is 23.0 Å². The standard InChI is InChI=1S/C22H23ClN4O4/c1-2-30-22(29)16-7-4-11-27(13-16)19(28)14-26-10-5-9-18(26)21-24-20(25-31-21)15-6-3-8-17(23)12-15/h3,5-6,8-10,12,16H,2,4,7,11,13-14H2,1H3/t16-/m0/s1. The van der Waals surface area contributed by atoms with Crippen LogP contribution in [0.3, 0.4) is 0 Å². The molecule has 1 atom stereocenters. The van der Waals surface area contributed by atoms with Crippen molar-refractivity contribution < 1.29 is 18.8 Å². The lowest BCUT2D eigenvalue weighted by atomic mass is 9.98. The Hall–Kier alpha value is -3.13. The summed E-state index contributed by atoms with van der Waals surface area (Å²) in [6, 6.07) is 10.8. The molecule has 0 spiro atoms. The van der Waals surface area contributed by atoms with Gasteiger partial charge < -0.3 is 18.7 Å². The molecule has 3 aromatic rings. The molecule has 0 unspecified atom stereocenters. The first-order chi connectivity index (χ1) is 15.0. The summed E-state index contributed by atoms with van der Waals surface area (Å²) < 4.78 is 12.3. The van der Waals surface area contributed by atoms with Crippen molar-refractivity contribution in [3.05, 3.63) is 47.6 Å². The van der Waals surface area contributed by atoms with Crippen molar-refractivity contribution in [1.82, 2.24) is 19.6 Å². The minimum absolute atomic E-state index is 0.0685. The highest BCUT2D eigenvalue weighted by atomic mass is 35.5. The highest BCUT2D eigenvalue weighted by Crippen LogP contribution is 2.25. The number of ether oxygens (including phenoxy) is 1. The average Bonchev–Trinajstić information content (AvgIpc) is 3.43. The number of carbonyl (C=O) groups is 2. The van der Waals surface area contributed by atoms with E-state index in [-0.39, 0.29) is 24.3 Å². The summed E-state index contributed by atoms with van der Waals surface area (Å²) >= 11 is 6.04. The molecule has 1 saturated heterocycles. The third-order valence-corrected chi connectivity index (χ3v) is 5.49. The zero-order valence-corrected chi connectivity index (χ0v) is 17.9. The Bertz CT molecular complexity index is 1080. The second-order valence-corrected chi connectivity index (χ2v) is 7.82. The molecular formula is C22H23ClN4O4. The van der Waals surface area contributed by atoms with Crippen LogP contribution in [0.1, 0.15) is 19.8 Å². The van der Waals surface area contributed by atoms with Crippen LogP contribution in [0.25, 0.3) is 23.0 Å². The third kappa shape index (κ3) is 4.80. The Morgan fingerprint density at radius 2 is 2.16 bits per heavy atom. The number of benzene rings is 1. The van der Waals surface area contributed by atoms with Gasteiger partial charge in [-0.3, -0.25) is 9.59 Å². The number of esters is 1. The fourth-order valence-electron chi connectivity index (χ4n) is 3.72. The van der Waals surface area contributed by atoms with Gasteiger partial charge in [0.25, 0.3) is 5.89 Å². The largest absolute Gasteiger partial charge is 0.466 e. The molecule has 3 heterocycles. The van der Waals surface area contributed by atoms with Crippen molar-refractivity contribution in [2.45, 2.75) is 26.3 Å². The number of nitrogens with zero attached hydrogens (tertiary/aromatic N) is 4. The number of amides is 1. The quantitative estimate of drug-likeness (QED) is 0.541. The van der Waals surface area contributed by atoms with Gasteiger partial charge in [-0.15, -0.1) is 0 Å². The van der Waals surface area contributed by atoms with E-state index in [1.54, 1.807) is 34.7 Å². The molecule has 4 rings (SSSR count). The fraction of sp³-hybridized carbons (Fsp3) is 0.364. The van der Waals surface area contributed by atoms with Crippen molar-refractivity contribution in [3.63, 3.8) is 0 Å². The van der Waals surface area contributed by atoms with Gasteiger partial charge in [-0.05, 0) is 44.0 Å². The molecule has 0 saturated carbocycles. The molecule has 31 heavy (non-hydrogen) atoms. The van der Waals surface area contributed by atoms with E-state index in [0.29, 0.717) is 42.1 Å². The fourth-order valence-corrected chi connectivity index (χ4v) is 3.91. The zero-order valence-electron chi connectivity index (χ0n) is 17.2. The number of likely N-dealkylation sites (tertiary alicyclic amines) is 1. The number of halogens is 1. The number of carbonyl (C=O) groups excluding carboxylic acids is 2. The number of piperidine rings is 1. The third-order valence-electron chi connectivity index (χ3n) is 5.26. The first kappa shape index (κ1) is 21.1. The van der Waals surface area contributed by atoms with Gasteiger partial charge in [0.2, 0.25) is 11.7 Å². The van der Waals surface area contributed by atoms with Crippen LogP contribution in [0.5, 0.6) is 0 Å². The summed E-state index contributed by atoms with van der Waals surface area (Å²) in [7, 11) is 0. The Morgan fingerprint density at radius 1 is 1.29 bits per heavy atom. The summed E-state index contributed by atoms with van der Waals surface area (Å²) in [5.74, 6) is 0.167. The van der Waals surface area contributed by atoms with Crippen LogP contribution >= 0.6 is 11.6 Å². The molecule has 1 amide bonds. The monoisotopic (exact) mass is 442 g/mol. The Kier molecular flexibility index (Phi) is 6.36. The SMILES string of the molecule is CCOC(=O)[C@H]1CCCN(C(=O)Cn2cccc2-c2nc(-c3cccc(Cl)c3)no2)C1. The molecule has 8 nitrogen and oxygen atoms in total. The van der Waals surface area contributed by atoms with E-state index in [1.165, 1.54) is 0 Å². The van der Waals surface area contributed by atoms with Crippen molar-refractivity contribution in [2.24, 2.45) is 5.92 Å². The predicted molar refractivity (Wildman–Crippen MR) is 114 cm³/mol. The molecule has 1 aliphatic heterocycles. The second kappa shape index (κ2) is 9.34. The van der Waals surface area contributed by atoms with Crippen LogP contribution in [0.2, 0.25) is 5.02 Å². The van der Waals surface area contributed by atoms with Gasteiger partial charge in [-0.2, -0.15) is 4.98 Å². The van der Waals surface area contributed by atoms with Gasteiger partial charge in [0.05, 0.1) is 12.5 Å². The first-order valence-electron chi connectivity index (χ1n) is 10.2. The van der Waals surface area contributed by atoms with E-state index in [2.05, 4.69) is 10.1 Å². The van der Waals surface area contributed by atoms with Crippen molar-refractivity contribution >= 4 is 23.5 Å². The maximum atomic E-state index is 12.9. The van der Waals surface area contributed by atoms with Crippen LogP contribution < -0.4 is 0 Å². The summed E-state index contributed by atoms with van der Waals surface area (Å²) in [5, 5.41) is 4.62. The average molecular weight is 443 g/mol. The van der Waals surface area contributed by atoms with Crippen LogP contribution in [-0.2, 0) is 20.9 Å². The highest BCUT2D eigenvalue weighted by molar-refractivity contribution is 6.30. The van der Waals surface area contributed by atoms with Gasteiger partial charge in [-0.25, -0.2) is 0 Å². The maximum absolute atomic E-state index is 12.9. The van der Waals surface area contributed by atoms with Crippen molar-refractivity contribution in [1.29, 1.82) is 0 Å². The molecular weight excluding hydrogens is 420 g/mol. The smallest absolute Gasteiger partial charge is 0.310 e. The van der Waals surface area contributed by atoms with Crippen LogP contribution in [0.4, 0.5) is 0 Å². The summed E-state index contributed by atoms with van der Waals surface area (Å²) in [6.07, 6.45) is 3.31. The molecule has 0 N–H and O–H groups in total. The lowest BCUT2D eigenvalue weighted by Crippen LogP contribution is -2.44. The second-order valence-electron chi connectivity index (χ2n) is 7.39.